The van der Waals surface area contributed by atoms with E-state index in [1.165, 1.54) is 18.3 Å². The summed E-state index contributed by atoms with van der Waals surface area (Å²) in [5, 5.41) is 13.8. The van der Waals surface area contributed by atoms with E-state index in [9.17, 15) is 13.5 Å². The van der Waals surface area contributed by atoms with Crippen molar-refractivity contribution in [1.82, 2.24) is 4.83 Å². The predicted molar refractivity (Wildman–Crippen MR) is 96.0 cm³/mol. The Labute approximate surface area is 142 Å². The van der Waals surface area contributed by atoms with E-state index in [0.717, 1.165) is 18.8 Å². The van der Waals surface area contributed by atoms with Crippen LogP contribution in [0.5, 0.6) is 5.75 Å². The molecule has 128 valence electrons. The summed E-state index contributed by atoms with van der Waals surface area (Å²) < 4.78 is 24.1. The van der Waals surface area contributed by atoms with Crippen LogP contribution in [0.4, 0.5) is 5.69 Å². The molecular formula is C17H21N3O3S. The molecule has 0 amide bonds. The van der Waals surface area contributed by atoms with Gasteiger partial charge >= 0.3 is 0 Å². The minimum Gasteiger partial charge on any atom is -0.507 e. The first-order valence-corrected chi connectivity index (χ1v) is 9.14. The first-order valence-electron chi connectivity index (χ1n) is 7.65. The van der Waals surface area contributed by atoms with Crippen LogP contribution in [0.25, 0.3) is 0 Å². The normalized spacial score (nSPS) is 11.6. The van der Waals surface area contributed by atoms with E-state index in [1.54, 1.807) is 30.3 Å². The van der Waals surface area contributed by atoms with Crippen molar-refractivity contribution in [2.24, 2.45) is 5.10 Å². The highest BCUT2D eigenvalue weighted by Crippen LogP contribution is 2.23. The van der Waals surface area contributed by atoms with Crippen molar-refractivity contribution < 1.29 is 13.5 Å². The Hall–Kier alpha value is -2.54. The number of nitrogens with one attached hydrogen (secondary N) is 1. The van der Waals surface area contributed by atoms with Crippen LogP contribution in [-0.4, -0.2) is 32.8 Å². The fourth-order valence-corrected chi connectivity index (χ4v) is 3.06. The second kappa shape index (κ2) is 7.83. The Morgan fingerprint density at radius 3 is 2.38 bits per heavy atom. The third-order valence-electron chi connectivity index (χ3n) is 3.57. The first-order chi connectivity index (χ1) is 11.5. The first kappa shape index (κ1) is 17.8. The molecule has 0 heterocycles. The smallest absolute Gasteiger partial charge is 0.276 e. The van der Waals surface area contributed by atoms with Crippen molar-refractivity contribution in [2.45, 2.75) is 18.7 Å². The van der Waals surface area contributed by atoms with Crippen molar-refractivity contribution >= 4 is 21.9 Å². The van der Waals surface area contributed by atoms with Gasteiger partial charge in [-0.2, -0.15) is 13.5 Å². The average molecular weight is 347 g/mol. The number of nitrogens with zero attached hydrogens (tertiary/aromatic N) is 2. The molecule has 0 fully saturated rings. The van der Waals surface area contributed by atoms with Crippen LogP contribution in [0.1, 0.15) is 19.4 Å². The Morgan fingerprint density at radius 2 is 1.79 bits per heavy atom. The minimum absolute atomic E-state index is 0.0436. The van der Waals surface area contributed by atoms with Crippen LogP contribution in [-0.2, 0) is 10.0 Å². The molecule has 0 radical (unpaired) electrons. The van der Waals surface area contributed by atoms with Gasteiger partial charge in [-0.3, -0.25) is 0 Å². The van der Waals surface area contributed by atoms with Crippen molar-refractivity contribution in [3.63, 3.8) is 0 Å². The van der Waals surface area contributed by atoms with Crippen molar-refractivity contribution in [1.29, 1.82) is 0 Å². The van der Waals surface area contributed by atoms with E-state index >= 15 is 0 Å². The Kier molecular flexibility index (Phi) is 5.81. The van der Waals surface area contributed by atoms with Gasteiger partial charge in [0.2, 0.25) is 0 Å². The van der Waals surface area contributed by atoms with Gasteiger partial charge in [-0.05, 0) is 38.1 Å². The highest BCUT2D eigenvalue weighted by atomic mass is 32.2. The van der Waals surface area contributed by atoms with Crippen molar-refractivity contribution in [3.8, 4) is 5.75 Å². The lowest BCUT2D eigenvalue weighted by molar-refractivity contribution is 0.474. The number of hydrazone groups is 1. The van der Waals surface area contributed by atoms with E-state index in [1.807, 2.05) is 19.9 Å². The Balaban J connectivity index is 2.12. The third kappa shape index (κ3) is 4.26. The third-order valence-corrected chi connectivity index (χ3v) is 4.81. The number of rotatable bonds is 7. The van der Waals surface area contributed by atoms with Crippen LogP contribution >= 0.6 is 0 Å². The van der Waals surface area contributed by atoms with Crippen molar-refractivity contribution in [2.75, 3.05) is 18.0 Å². The van der Waals surface area contributed by atoms with Gasteiger partial charge in [0, 0.05) is 30.4 Å². The van der Waals surface area contributed by atoms with Crippen LogP contribution in [0.15, 0.2) is 58.5 Å². The molecule has 0 atom stereocenters. The number of hydrogen-bond donors (Lipinski definition) is 2. The molecule has 0 aliphatic carbocycles. The molecule has 2 rings (SSSR count). The van der Waals surface area contributed by atoms with E-state index in [4.69, 9.17) is 0 Å². The molecular weight excluding hydrogens is 326 g/mol. The Bertz CT molecular complexity index is 801. The van der Waals surface area contributed by atoms with Gasteiger partial charge in [-0.15, -0.1) is 0 Å². The number of anilines is 1. The zero-order valence-electron chi connectivity index (χ0n) is 13.7. The van der Waals surface area contributed by atoms with Gasteiger partial charge in [0.05, 0.1) is 11.1 Å². The molecule has 0 aliphatic heterocycles. The topological polar surface area (TPSA) is 82.0 Å². The highest BCUT2D eigenvalue weighted by Gasteiger charge is 2.11. The van der Waals surface area contributed by atoms with E-state index in [-0.39, 0.29) is 10.6 Å². The molecule has 0 aromatic heterocycles. The van der Waals surface area contributed by atoms with Crippen LogP contribution in [0.3, 0.4) is 0 Å². The largest absolute Gasteiger partial charge is 0.507 e. The van der Waals surface area contributed by atoms with E-state index < -0.39 is 10.0 Å². The number of sulfonamides is 1. The minimum atomic E-state index is -3.71. The zero-order chi connectivity index (χ0) is 17.6. The maximum absolute atomic E-state index is 12.0. The van der Waals surface area contributed by atoms with Gasteiger partial charge in [0.25, 0.3) is 10.0 Å². The summed E-state index contributed by atoms with van der Waals surface area (Å²) in [6.07, 6.45) is 1.28. The van der Waals surface area contributed by atoms with Gasteiger partial charge in [-0.1, -0.05) is 18.2 Å². The fraction of sp³-hybridized carbons (Fsp3) is 0.235. The molecule has 2 aromatic carbocycles. The number of benzene rings is 2. The summed E-state index contributed by atoms with van der Waals surface area (Å²) >= 11 is 0. The summed E-state index contributed by atoms with van der Waals surface area (Å²) in [7, 11) is -3.71. The standard InChI is InChI=1S/C17H21N3O3S/c1-3-20(4-2)15-11-10-14(17(21)12-15)13-18-19-24(22,23)16-8-6-5-7-9-16/h5-13,19,21H,3-4H2,1-2H3/b18-13-. The maximum atomic E-state index is 12.0. The molecule has 0 unspecified atom stereocenters. The Morgan fingerprint density at radius 1 is 1.12 bits per heavy atom. The second-order valence-corrected chi connectivity index (χ2v) is 6.74. The van der Waals surface area contributed by atoms with Gasteiger partial charge in [0.1, 0.15) is 5.75 Å². The highest BCUT2D eigenvalue weighted by molar-refractivity contribution is 7.89. The average Bonchev–Trinajstić information content (AvgIpc) is 2.58. The van der Waals surface area contributed by atoms with E-state index in [2.05, 4.69) is 14.8 Å². The van der Waals surface area contributed by atoms with Crippen LogP contribution in [0, 0.1) is 0 Å². The summed E-state index contributed by atoms with van der Waals surface area (Å²) in [6.45, 7) is 5.74. The van der Waals surface area contributed by atoms with Crippen LogP contribution < -0.4 is 9.73 Å². The predicted octanol–water partition coefficient (Wildman–Crippen LogP) is 2.55. The summed E-state index contributed by atoms with van der Waals surface area (Å²) in [4.78, 5) is 4.35. The van der Waals surface area contributed by atoms with Crippen LogP contribution in [0.2, 0.25) is 0 Å². The van der Waals surface area contributed by atoms with E-state index in [0.29, 0.717) is 5.56 Å². The van der Waals surface area contributed by atoms with Gasteiger partial charge in [-0.25, -0.2) is 4.83 Å². The number of phenols is 1. The lowest BCUT2D eigenvalue weighted by Crippen LogP contribution is -2.21. The fourth-order valence-electron chi connectivity index (χ4n) is 2.24. The zero-order valence-corrected chi connectivity index (χ0v) is 14.5. The van der Waals surface area contributed by atoms with Gasteiger partial charge < -0.3 is 10.0 Å². The molecule has 0 aliphatic rings. The molecule has 0 saturated heterocycles. The molecule has 2 N–H and O–H groups in total. The molecule has 2 aromatic rings. The SMILES string of the molecule is CCN(CC)c1ccc(/C=N\NS(=O)(=O)c2ccccc2)c(O)c1. The summed E-state index contributed by atoms with van der Waals surface area (Å²) in [6, 6.07) is 13.2. The number of hydrogen-bond acceptors (Lipinski definition) is 5. The quantitative estimate of drug-likeness (QED) is 0.596. The summed E-state index contributed by atoms with van der Waals surface area (Å²) in [5.74, 6) is 0.0436. The molecule has 0 bridgehead atoms. The number of phenolic OH excluding ortho intramolecular Hbond substituents is 1. The molecule has 0 spiro atoms. The molecule has 24 heavy (non-hydrogen) atoms. The summed E-state index contributed by atoms with van der Waals surface area (Å²) in [5.41, 5.74) is 1.33. The molecule has 0 saturated carbocycles. The van der Waals surface area contributed by atoms with Crippen molar-refractivity contribution in [3.05, 3.63) is 54.1 Å². The number of aromatic hydroxyl groups is 1. The monoisotopic (exact) mass is 347 g/mol. The lowest BCUT2D eigenvalue weighted by Gasteiger charge is -2.21. The lowest BCUT2D eigenvalue weighted by atomic mass is 10.2. The van der Waals surface area contributed by atoms with Gasteiger partial charge in [0.15, 0.2) is 0 Å². The second-order valence-electron chi connectivity index (χ2n) is 5.08. The molecule has 7 heteroatoms. The molecule has 6 nitrogen and oxygen atoms in total. The maximum Gasteiger partial charge on any atom is 0.276 e.